The van der Waals surface area contributed by atoms with E-state index in [1.54, 1.807) is 6.07 Å². The lowest BCUT2D eigenvalue weighted by atomic mass is 10.1. The number of nitrogens with zero attached hydrogens (tertiary/aromatic N) is 1. The van der Waals surface area contributed by atoms with Gasteiger partial charge in [0, 0.05) is 19.1 Å². The number of halogens is 1. The lowest BCUT2D eigenvalue weighted by molar-refractivity contribution is 0.327. The second-order valence-corrected chi connectivity index (χ2v) is 5.40. The van der Waals surface area contributed by atoms with Gasteiger partial charge >= 0.3 is 0 Å². The molecule has 2 aliphatic rings. The lowest BCUT2D eigenvalue weighted by Gasteiger charge is -2.18. The van der Waals surface area contributed by atoms with Gasteiger partial charge in [0.25, 0.3) is 0 Å². The number of fused-ring (bicyclic) bond motifs is 1. The van der Waals surface area contributed by atoms with Crippen LogP contribution in [0, 0.1) is 5.82 Å². The Bertz CT molecular complexity index is 413. The maximum absolute atomic E-state index is 13.6. The first-order chi connectivity index (χ1) is 8.84. The van der Waals surface area contributed by atoms with Gasteiger partial charge in [-0.1, -0.05) is 12.1 Å². The molecule has 0 aromatic heterocycles. The molecule has 1 aromatic rings. The topological polar surface area (TPSA) is 15.3 Å². The molecule has 0 saturated carbocycles. The highest BCUT2D eigenvalue weighted by Crippen LogP contribution is 2.32. The first kappa shape index (κ1) is 12.1. The van der Waals surface area contributed by atoms with Gasteiger partial charge in [-0.15, -0.1) is 0 Å². The van der Waals surface area contributed by atoms with E-state index < -0.39 is 0 Å². The summed E-state index contributed by atoms with van der Waals surface area (Å²) in [5.41, 5.74) is 2.10. The minimum Gasteiger partial charge on any atom is -0.309 e. The number of hydrogen-bond acceptors (Lipinski definition) is 2. The fourth-order valence-corrected chi connectivity index (χ4v) is 3.22. The second-order valence-electron chi connectivity index (χ2n) is 5.40. The molecule has 1 aromatic carbocycles. The number of likely N-dealkylation sites (tertiary alicyclic amines) is 1. The maximum Gasteiger partial charge on any atom is 0.126 e. The Balaban J connectivity index is 1.54. The molecule has 1 atom stereocenters. The largest absolute Gasteiger partial charge is 0.309 e. The van der Waals surface area contributed by atoms with Gasteiger partial charge in [0.15, 0.2) is 0 Å². The third kappa shape index (κ3) is 2.43. The molecule has 3 heteroatoms. The average molecular weight is 248 g/mol. The van der Waals surface area contributed by atoms with Gasteiger partial charge in [0.05, 0.1) is 0 Å². The van der Waals surface area contributed by atoms with Gasteiger partial charge in [-0.05, 0) is 56.0 Å². The molecule has 1 N–H and O–H groups in total. The summed E-state index contributed by atoms with van der Waals surface area (Å²) in [4.78, 5) is 2.51. The Morgan fingerprint density at radius 3 is 2.94 bits per heavy atom. The van der Waals surface area contributed by atoms with Crippen molar-refractivity contribution in [3.8, 4) is 0 Å². The SMILES string of the molecule is Fc1cccc2c1CCC2NCCN1CCCC1. The van der Waals surface area contributed by atoms with E-state index in [0.29, 0.717) is 6.04 Å². The summed E-state index contributed by atoms with van der Waals surface area (Å²) in [6.07, 6.45) is 4.61. The standard InChI is InChI=1S/C15H21FN2/c16-14-5-3-4-13-12(14)6-7-15(13)17-8-11-18-9-1-2-10-18/h3-5,15,17H,1-2,6-11H2. The van der Waals surface area contributed by atoms with E-state index in [4.69, 9.17) is 0 Å². The van der Waals surface area contributed by atoms with E-state index in [1.807, 2.05) is 6.07 Å². The summed E-state index contributed by atoms with van der Waals surface area (Å²) < 4.78 is 13.6. The van der Waals surface area contributed by atoms with Crippen molar-refractivity contribution in [2.24, 2.45) is 0 Å². The Hall–Kier alpha value is -0.930. The zero-order chi connectivity index (χ0) is 12.4. The van der Waals surface area contributed by atoms with E-state index in [2.05, 4.69) is 16.3 Å². The van der Waals surface area contributed by atoms with Crippen LogP contribution < -0.4 is 5.32 Å². The number of hydrogen-bond donors (Lipinski definition) is 1. The third-order valence-corrected chi connectivity index (χ3v) is 4.23. The highest BCUT2D eigenvalue weighted by Gasteiger charge is 2.24. The fraction of sp³-hybridized carbons (Fsp3) is 0.600. The zero-order valence-corrected chi connectivity index (χ0v) is 10.8. The van der Waals surface area contributed by atoms with Crippen LogP contribution in [-0.4, -0.2) is 31.1 Å². The fourth-order valence-electron chi connectivity index (χ4n) is 3.22. The van der Waals surface area contributed by atoms with Crippen molar-refractivity contribution in [1.29, 1.82) is 0 Å². The van der Waals surface area contributed by atoms with E-state index >= 15 is 0 Å². The molecule has 1 aliphatic heterocycles. The Kier molecular flexibility index (Phi) is 3.62. The van der Waals surface area contributed by atoms with Gasteiger partial charge < -0.3 is 10.2 Å². The maximum atomic E-state index is 13.6. The van der Waals surface area contributed by atoms with Crippen molar-refractivity contribution in [2.75, 3.05) is 26.2 Å². The minimum absolute atomic E-state index is 0.0312. The second kappa shape index (κ2) is 5.37. The van der Waals surface area contributed by atoms with Gasteiger partial charge in [-0.3, -0.25) is 0 Å². The number of nitrogens with one attached hydrogen (secondary N) is 1. The quantitative estimate of drug-likeness (QED) is 0.880. The molecule has 0 amide bonds. The Morgan fingerprint density at radius 2 is 2.11 bits per heavy atom. The first-order valence-electron chi connectivity index (χ1n) is 7.07. The monoisotopic (exact) mass is 248 g/mol. The highest BCUT2D eigenvalue weighted by atomic mass is 19.1. The van der Waals surface area contributed by atoms with Crippen molar-refractivity contribution in [3.05, 3.63) is 35.1 Å². The zero-order valence-electron chi connectivity index (χ0n) is 10.8. The molecule has 1 saturated heterocycles. The van der Waals surface area contributed by atoms with Crippen LogP contribution in [0.3, 0.4) is 0 Å². The van der Waals surface area contributed by atoms with Crippen LogP contribution >= 0.6 is 0 Å². The van der Waals surface area contributed by atoms with Gasteiger partial charge in [0.1, 0.15) is 5.82 Å². The molecule has 1 fully saturated rings. The molecule has 18 heavy (non-hydrogen) atoms. The van der Waals surface area contributed by atoms with Gasteiger partial charge in [0.2, 0.25) is 0 Å². The average Bonchev–Trinajstić information content (AvgIpc) is 3.00. The Morgan fingerprint density at radius 1 is 1.28 bits per heavy atom. The molecule has 0 spiro atoms. The van der Waals surface area contributed by atoms with Crippen LogP contribution in [0.5, 0.6) is 0 Å². The lowest BCUT2D eigenvalue weighted by Crippen LogP contribution is -2.31. The van der Waals surface area contributed by atoms with Crippen molar-refractivity contribution in [1.82, 2.24) is 10.2 Å². The van der Waals surface area contributed by atoms with Gasteiger partial charge in [-0.2, -0.15) is 0 Å². The molecular formula is C15H21FN2. The molecule has 0 radical (unpaired) electrons. The summed E-state index contributed by atoms with van der Waals surface area (Å²) >= 11 is 0. The van der Waals surface area contributed by atoms with Crippen LogP contribution in [0.15, 0.2) is 18.2 Å². The molecule has 0 bridgehead atoms. The van der Waals surface area contributed by atoms with E-state index in [0.717, 1.165) is 31.5 Å². The number of benzene rings is 1. The minimum atomic E-state index is -0.0312. The molecule has 1 aliphatic carbocycles. The smallest absolute Gasteiger partial charge is 0.126 e. The third-order valence-electron chi connectivity index (χ3n) is 4.23. The van der Waals surface area contributed by atoms with Crippen molar-refractivity contribution < 1.29 is 4.39 Å². The van der Waals surface area contributed by atoms with E-state index in [1.165, 1.54) is 31.5 Å². The van der Waals surface area contributed by atoms with Crippen LogP contribution in [0.4, 0.5) is 4.39 Å². The summed E-state index contributed by atoms with van der Waals surface area (Å²) in [6, 6.07) is 5.83. The van der Waals surface area contributed by atoms with Crippen molar-refractivity contribution >= 4 is 0 Å². The summed E-state index contributed by atoms with van der Waals surface area (Å²) in [7, 11) is 0. The van der Waals surface area contributed by atoms with Crippen LogP contribution in [-0.2, 0) is 6.42 Å². The summed E-state index contributed by atoms with van der Waals surface area (Å²) in [5, 5.41) is 3.58. The molecule has 1 unspecified atom stereocenters. The van der Waals surface area contributed by atoms with E-state index in [9.17, 15) is 4.39 Å². The predicted octanol–water partition coefficient (Wildman–Crippen LogP) is 2.50. The highest BCUT2D eigenvalue weighted by molar-refractivity contribution is 5.35. The normalized spacial score (nSPS) is 23.5. The molecule has 1 heterocycles. The summed E-state index contributed by atoms with van der Waals surface area (Å²) in [6.45, 7) is 4.64. The van der Waals surface area contributed by atoms with Crippen LogP contribution in [0.25, 0.3) is 0 Å². The molecule has 98 valence electrons. The van der Waals surface area contributed by atoms with E-state index in [-0.39, 0.29) is 5.82 Å². The van der Waals surface area contributed by atoms with Crippen molar-refractivity contribution in [2.45, 2.75) is 31.7 Å². The first-order valence-corrected chi connectivity index (χ1v) is 7.07. The van der Waals surface area contributed by atoms with Crippen molar-refractivity contribution in [3.63, 3.8) is 0 Å². The Labute approximate surface area is 108 Å². The molecule has 2 nitrogen and oxygen atoms in total. The predicted molar refractivity (Wildman–Crippen MR) is 71.1 cm³/mol. The molecule has 3 rings (SSSR count). The number of rotatable bonds is 4. The summed E-state index contributed by atoms with van der Waals surface area (Å²) in [5.74, 6) is -0.0312. The van der Waals surface area contributed by atoms with Crippen LogP contribution in [0.2, 0.25) is 0 Å². The van der Waals surface area contributed by atoms with Gasteiger partial charge in [-0.25, -0.2) is 4.39 Å². The van der Waals surface area contributed by atoms with Crippen LogP contribution in [0.1, 0.15) is 36.4 Å². The molecular weight excluding hydrogens is 227 g/mol.